The van der Waals surface area contributed by atoms with Crippen molar-refractivity contribution in [2.45, 2.75) is 32.2 Å². The van der Waals surface area contributed by atoms with E-state index in [4.69, 9.17) is 11.6 Å². The Kier molecular flexibility index (Phi) is 4.44. The van der Waals surface area contributed by atoms with Crippen molar-refractivity contribution in [2.75, 3.05) is 0 Å². The zero-order valence-electron chi connectivity index (χ0n) is 16.5. The molecule has 1 aromatic heterocycles. The first-order valence-electron chi connectivity index (χ1n) is 10.2. The number of hydrogen-bond donors (Lipinski definition) is 2. The highest BCUT2D eigenvalue weighted by atomic mass is 35.5. The highest BCUT2D eigenvalue weighted by Gasteiger charge is 2.49. The summed E-state index contributed by atoms with van der Waals surface area (Å²) >= 11 is 6.48. The molecule has 1 aliphatic heterocycles. The number of unbranched alkanes of at least 4 members (excludes halogenated alkanes) is 1. The van der Waals surface area contributed by atoms with Crippen LogP contribution in [0.15, 0.2) is 42.5 Å². The number of fused-ring (bicyclic) bond motifs is 5. The van der Waals surface area contributed by atoms with Crippen molar-refractivity contribution >= 4 is 46.0 Å². The minimum absolute atomic E-state index is 0.139. The minimum Gasteiger partial charge on any atom is -0.508 e. The largest absolute Gasteiger partial charge is 0.508 e. The van der Waals surface area contributed by atoms with E-state index in [2.05, 4.69) is 16.8 Å². The number of carbonyl (C=O) groups is 2. The van der Waals surface area contributed by atoms with Gasteiger partial charge in [0, 0.05) is 28.2 Å². The Hall–Kier alpha value is -3.05. The summed E-state index contributed by atoms with van der Waals surface area (Å²) in [5, 5.41) is 14.0. The zero-order chi connectivity index (χ0) is 21.0. The van der Waals surface area contributed by atoms with E-state index in [1.165, 1.54) is 0 Å². The fourth-order valence-electron chi connectivity index (χ4n) is 4.80. The number of imide groups is 1. The Morgan fingerprint density at radius 3 is 2.63 bits per heavy atom. The summed E-state index contributed by atoms with van der Waals surface area (Å²) in [6.07, 6.45) is 4.01. The fourth-order valence-corrected chi connectivity index (χ4v) is 5.05. The first kappa shape index (κ1) is 18.9. The number of phenols is 1. The van der Waals surface area contributed by atoms with Crippen LogP contribution in [0.4, 0.5) is 0 Å². The molecule has 2 aromatic carbocycles. The summed E-state index contributed by atoms with van der Waals surface area (Å²) < 4.78 is 2.19. The number of benzene rings is 2. The number of amides is 2. The van der Waals surface area contributed by atoms with Gasteiger partial charge in [-0.1, -0.05) is 43.1 Å². The van der Waals surface area contributed by atoms with Crippen LogP contribution in [0, 0.1) is 5.92 Å². The standard InChI is InChI=1S/C24H21ClN2O3/c1-2-3-10-27-18-9-8-13(28)11-16(18)20-19(27)12-15(14-6-4-5-7-17(14)25)21-22(20)24(30)26-23(21)29/h4-9,11-12,21-22,28H,2-3,10H2,1H3,(H,26,29,30). The van der Waals surface area contributed by atoms with E-state index in [1.807, 2.05) is 30.3 Å². The van der Waals surface area contributed by atoms with Crippen LogP contribution >= 0.6 is 11.6 Å². The third-order valence-electron chi connectivity index (χ3n) is 6.13. The first-order valence-corrected chi connectivity index (χ1v) is 10.6. The molecule has 2 heterocycles. The van der Waals surface area contributed by atoms with E-state index in [0.717, 1.165) is 52.7 Å². The Morgan fingerprint density at radius 2 is 1.87 bits per heavy atom. The third kappa shape index (κ3) is 2.69. The summed E-state index contributed by atoms with van der Waals surface area (Å²) in [6, 6.07) is 12.6. The van der Waals surface area contributed by atoms with Crippen molar-refractivity contribution in [2.24, 2.45) is 5.92 Å². The van der Waals surface area contributed by atoms with E-state index in [1.54, 1.807) is 18.2 Å². The highest BCUT2D eigenvalue weighted by Crippen LogP contribution is 2.50. The predicted octanol–water partition coefficient (Wildman–Crippen LogP) is 4.71. The van der Waals surface area contributed by atoms with Gasteiger partial charge in [-0.2, -0.15) is 0 Å². The van der Waals surface area contributed by atoms with Gasteiger partial charge in [-0.05, 0) is 53.5 Å². The van der Waals surface area contributed by atoms with Crippen LogP contribution in [0.2, 0.25) is 5.02 Å². The van der Waals surface area contributed by atoms with Crippen LogP contribution in [0.25, 0.3) is 22.6 Å². The lowest BCUT2D eigenvalue weighted by Gasteiger charge is -2.26. The van der Waals surface area contributed by atoms with Gasteiger partial charge in [-0.3, -0.25) is 14.9 Å². The number of halogens is 1. The smallest absolute Gasteiger partial charge is 0.235 e. The molecular formula is C24H21ClN2O3. The molecule has 2 N–H and O–H groups in total. The number of hydrogen-bond acceptors (Lipinski definition) is 3. The summed E-state index contributed by atoms with van der Waals surface area (Å²) in [4.78, 5) is 25.8. The molecule has 6 heteroatoms. The lowest BCUT2D eigenvalue weighted by Crippen LogP contribution is -2.23. The monoisotopic (exact) mass is 420 g/mol. The molecule has 5 nitrogen and oxygen atoms in total. The van der Waals surface area contributed by atoms with Gasteiger partial charge < -0.3 is 9.67 Å². The normalized spacial score (nSPS) is 20.1. The maximum Gasteiger partial charge on any atom is 0.235 e. The second-order valence-electron chi connectivity index (χ2n) is 7.89. The average Bonchev–Trinajstić information content (AvgIpc) is 3.19. The van der Waals surface area contributed by atoms with Crippen LogP contribution in [0.5, 0.6) is 5.75 Å². The SMILES string of the molecule is CCCCn1c2c(c3cc(O)ccc31)C1C(=O)NC(=O)C1C(c1ccccc1Cl)=C2. The van der Waals surface area contributed by atoms with Gasteiger partial charge in [-0.15, -0.1) is 0 Å². The summed E-state index contributed by atoms with van der Waals surface area (Å²) in [5.41, 5.74) is 4.19. The molecule has 0 saturated carbocycles. The highest BCUT2D eigenvalue weighted by molar-refractivity contribution is 6.33. The van der Waals surface area contributed by atoms with Crippen molar-refractivity contribution < 1.29 is 14.7 Å². The Morgan fingerprint density at radius 1 is 1.10 bits per heavy atom. The Labute approximate surface area is 179 Å². The molecule has 0 radical (unpaired) electrons. The maximum atomic E-state index is 12.9. The lowest BCUT2D eigenvalue weighted by atomic mass is 9.75. The summed E-state index contributed by atoms with van der Waals surface area (Å²) in [5.74, 6) is -1.76. The molecule has 1 fully saturated rings. The van der Waals surface area contributed by atoms with Crippen LogP contribution < -0.4 is 5.32 Å². The molecule has 5 rings (SSSR count). The van der Waals surface area contributed by atoms with Crippen molar-refractivity contribution in [1.29, 1.82) is 0 Å². The van der Waals surface area contributed by atoms with Crippen LogP contribution in [0.3, 0.4) is 0 Å². The predicted molar refractivity (Wildman–Crippen MR) is 117 cm³/mol. The second kappa shape index (κ2) is 7.03. The van der Waals surface area contributed by atoms with Gasteiger partial charge in [0.1, 0.15) is 5.75 Å². The van der Waals surface area contributed by atoms with E-state index in [-0.39, 0.29) is 17.6 Å². The number of carbonyl (C=O) groups excluding carboxylic acids is 2. The first-order chi connectivity index (χ1) is 14.5. The zero-order valence-corrected chi connectivity index (χ0v) is 17.2. The maximum absolute atomic E-state index is 12.9. The molecule has 30 heavy (non-hydrogen) atoms. The molecule has 2 aliphatic rings. The number of aromatic nitrogens is 1. The Bertz CT molecular complexity index is 1240. The molecule has 2 amide bonds. The van der Waals surface area contributed by atoms with E-state index >= 15 is 0 Å². The lowest BCUT2D eigenvalue weighted by molar-refractivity contribution is -0.125. The molecule has 1 saturated heterocycles. The fraction of sp³-hybridized carbons (Fsp3) is 0.250. The number of rotatable bonds is 4. The molecule has 1 aliphatic carbocycles. The van der Waals surface area contributed by atoms with Crippen LogP contribution in [-0.2, 0) is 16.1 Å². The number of phenolic OH excluding ortho intramolecular Hbond substituents is 1. The number of nitrogens with zero attached hydrogens (tertiary/aromatic N) is 1. The van der Waals surface area contributed by atoms with E-state index in [0.29, 0.717) is 5.02 Å². The quantitative estimate of drug-likeness (QED) is 0.600. The molecule has 0 spiro atoms. The topological polar surface area (TPSA) is 71.3 Å². The van der Waals surface area contributed by atoms with E-state index < -0.39 is 11.8 Å². The van der Waals surface area contributed by atoms with Gasteiger partial charge in [-0.25, -0.2) is 0 Å². The van der Waals surface area contributed by atoms with Crippen molar-refractivity contribution in [1.82, 2.24) is 9.88 Å². The van der Waals surface area contributed by atoms with Crippen molar-refractivity contribution in [3.63, 3.8) is 0 Å². The average molecular weight is 421 g/mol. The van der Waals surface area contributed by atoms with Gasteiger partial charge in [0.15, 0.2) is 0 Å². The van der Waals surface area contributed by atoms with Gasteiger partial charge >= 0.3 is 0 Å². The third-order valence-corrected chi connectivity index (χ3v) is 6.46. The van der Waals surface area contributed by atoms with Gasteiger partial charge in [0.25, 0.3) is 0 Å². The van der Waals surface area contributed by atoms with Gasteiger partial charge in [0.2, 0.25) is 11.8 Å². The molecule has 2 unspecified atom stereocenters. The van der Waals surface area contributed by atoms with Crippen molar-refractivity contribution in [3.05, 3.63) is 64.3 Å². The minimum atomic E-state index is -0.643. The molecular weight excluding hydrogens is 400 g/mol. The molecule has 2 atom stereocenters. The number of aryl methyl sites for hydroxylation is 1. The molecule has 3 aromatic rings. The van der Waals surface area contributed by atoms with Crippen LogP contribution in [-0.4, -0.2) is 21.5 Å². The summed E-state index contributed by atoms with van der Waals surface area (Å²) in [6.45, 7) is 2.92. The Balaban J connectivity index is 1.85. The van der Waals surface area contributed by atoms with Crippen molar-refractivity contribution in [3.8, 4) is 5.75 Å². The van der Waals surface area contributed by atoms with Crippen LogP contribution in [0.1, 0.15) is 42.5 Å². The van der Waals surface area contributed by atoms with Gasteiger partial charge in [0.05, 0.1) is 11.8 Å². The van der Waals surface area contributed by atoms with E-state index in [9.17, 15) is 14.7 Å². The second-order valence-corrected chi connectivity index (χ2v) is 8.30. The molecule has 0 bridgehead atoms. The number of aromatic hydroxyl groups is 1. The summed E-state index contributed by atoms with van der Waals surface area (Å²) in [7, 11) is 0. The number of nitrogens with one attached hydrogen (secondary N) is 1. The molecule has 152 valence electrons.